The highest BCUT2D eigenvalue weighted by molar-refractivity contribution is 7.10. The Kier molecular flexibility index (Phi) is 4.40. The molecule has 1 saturated heterocycles. The summed E-state index contributed by atoms with van der Waals surface area (Å²) in [4.78, 5) is 13.3. The molecule has 0 bridgehead atoms. The van der Waals surface area contributed by atoms with Crippen LogP contribution in [-0.2, 0) is 4.74 Å². The maximum Gasteiger partial charge on any atom is 0.252 e. The summed E-state index contributed by atoms with van der Waals surface area (Å²) in [5.74, 6) is 0.494. The van der Waals surface area contributed by atoms with Crippen molar-refractivity contribution >= 4 is 17.2 Å². The molecule has 1 aliphatic heterocycles. The smallest absolute Gasteiger partial charge is 0.252 e. The van der Waals surface area contributed by atoms with Crippen molar-refractivity contribution in [3.8, 4) is 0 Å². The zero-order chi connectivity index (χ0) is 13.1. The maximum absolute atomic E-state index is 12.1. The zero-order valence-electron chi connectivity index (χ0n) is 11.2. The minimum atomic E-state index is 0.0150. The molecule has 1 fully saturated rings. The lowest BCUT2D eigenvalue weighted by molar-refractivity contribution is 0.0712. The van der Waals surface area contributed by atoms with E-state index in [1.807, 2.05) is 18.4 Å². The molecule has 0 aromatic carbocycles. The van der Waals surface area contributed by atoms with Crippen LogP contribution in [0.3, 0.4) is 0 Å². The van der Waals surface area contributed by atoms with E-state index in [0.717, 1.165) is 25.0 Å². The van der Waals surface area contributed by atoms with E-state index in [1.54, 1.807) is 11.3 Å². The molecular formula is C14H21NO2S. The van der Waals surface area contributed by atoms with E-state index in [2.05, 4.69) is 19.2 Å². The fourth-order valence-corrected chi connectivity index (χ4v) is 3.06. The number of amides is 1. The molecule has 1 N–H and O–H groups in total. The molecule has 100 valence electrons. The van der Waals surface area contributed by atoms with Crippen LogP contribution in [0.4, 0.5) is 0 Å². The Hall–Kier alpha value is -0.870. The molecule has 2 unspecified atom stereocenters. The van der Waals surface area contributed by atoms with E-state index in [1.165, 1.54) is 4.88 Å². The molecule has 1 aromatic rings. The minimum absolute atomic E-state index is 0.0150. The van der Waals surface area contributed by atoms with E-state index in [0.29, 0.717) is 5.92 Å². The van der Waals surface area contributed by atoms with Gasteiger partial charge in [0.1, 0.15) is 0 Å². The van der Waals surface area contributed by atoms with Crippen molar-refractivity contribution < 1.29 is 9.53 Å². The van der Waals surface area contributed by atoms with Gasteiger partial charge in [0.25, 0.3) is 5.91 Å². The number of hydrogen-bond donors (Lipinski definition) is 1. The second kappa shape index (κ2) is 5.85. The van der Waals surface area contributed by atoms with E-state index >= 15 is 0 Å². The van der Waals surface area contributed by atoms with Crippen LogP contribution in [-0.4, -0.2) is 24.7 Å². The number of hydrogen-bond acceptors (Lipinski definition) is 3. The molecule has 18 heavy (non-hydrogen) atoms. The average Bonchev–Trinajstić information content (AvgIpc) is 3.00. The summed E-state index contributed by atoms with van der Waals surface area (Å²) in [5, 5.41) is 4.97. The Bertz CT molecular complexity index is 408. The summed E-state index contributed by atoms with van der Waals surface area (Å²) in [6.07, 6.45) is 2.32. The Balaban J connectivity index is 1.93. The van der Waals surface area contributed by atoms with E-state index in [9.17, 15) is 4.79 Å². The van der Waals surface area contributed by atoms with Gasteiger partial charge in [0.2, 0.25) is 0 Å². The highest BCUT2D eigenvalue weighted by Gasteiger charge is 2.24. The third-order valence-corrected chi connectivity index (χ3v) is 4.57. The number of carbonyl (C=O) groups is 1. The Labute approximate surface area is 113 Å². The Morgan fingerprint density at radius 3 is 2.83 bits per heavy atom. The van der Waals surface area contributed by atoms with Gasteiger partial charge in [-0.25, -0.2) is 0 Å². The third kappa shape index (κ3) is 3.12. The summed E-state index contributed by atoms with van der Waals surface area (Å²) in [7, 11) is 0. The molecule has 0 radical (unpaired) electrons. The first kappa shape index (κ1) is 13.6. The van der Waals surface area contributed by atoms with Crippen LogP contribution in [0.2, 0.25) is 0 Å². The standard InChI is InChI=1S/C14H21NO2S/c1-9(2)13-7-11(8-18-13)14(16)15-10(3)12-5-4-6-17-12/h7-10,12H,4-6H2,1-3H3,(H,15,16). The summed E-state index contributed by atoms with van der Waals surface area (Å²) in [5.41, 5.74) is 0.772. The summed E-state index contributed by atoms with van der Waals surface area (Å²) < 4.78 is 5.58. The van der Waals surface area contributed by atoms with Crippen LogP contribution in [0.1, 0.15) is 54.8 Å². The zero-order valence-corrected chi connectivity index (χ0v) is 12.0. The molecule has 0 spiro atoms. The van der Waals surface area contributed by atoms with Crippen LogP contribution >= 0.6 is 11.3 Å². The van der Waals surface area contributed by atoms with Gasteiger partial charge in [0.05, 0.1) is 17.7 Å². The monoisotopic (exact) mass is 267 g/mol. The number of nitrogens with one attached hydrogen (secondary N) is 1. The van der Waals surface area contributed by atoms with Crippen molar-refractivity contribution in [1.29, 1.82) is 0 Å². The molecule has 0 saturated carbocycles. The van der Waals surface area contributed by atoms with Crippen molar-refractivity contribution in [3.05, 3.63) is 21.9 Å². The van der Waals surface area contributed by atoms with Gasteiger partial charge in [-0.1, -0.05) is 13.8 Å². The first-order valence-electron chi connectivity index (χ1n) is 6.59. The fraction of sp³-hybridized carbons (Fsp3) is 0.643. The molecule has 1 aromatic heterocycles. The van der Waals surface area contributed by atoms with Gasteiger partial charge in [-0.3, -0.25) is 4.79 Å². The van der Waals surface area contributed by atoms with Crippen molar-refractivity contribution in [2.24, 2.45) is 0 Å². The van der Waals surface area contributed by atoms with Gasteiger partial charge in [-0.2, -0.15) is 0 Å². The summed E-state index contributed by atoms with van der Waals surface area (Å²) >= 11 is 1.65. The van der Waals surface area contributed by atoms with Crippen molar-refractivity contribution in [2.75, 3.05) is 6.61 Å². The van der Waals surface area contributed by atoms with Gasteiger partial charge >= 0.3 is 0 Å². The Morgan fingerprint density at radius 2 is 2.28 bits per heavy atom. The van der Waals surface area contributed by atoms with Crippen LogP contribution in [0.15, 0.2) is 11.4 Å². The summed E-state index contributed by atoms with van der Waals surface area (Å²) in [6.45, 7) is 7.12. The molecular weight excluding hydrogens is 246 g/mol. The van der Waals surface area contributed by atoms with Crippen LogP contribution in [0, 0.1) is 0 Å². The molecule has 1 aliphatic rings. The number of ether oxygens (including phenoxy) is 1. The predicted molar refractivity (Wildman–Crippen MR) is 74.3 cm³/mol. The van der Waals surface area contributed by atoms with Gasteiger partial charge in [0, 0.05) is 16.9 Å². The molecule has 2 heterocycles. The van der Waals surface area contributed by atoms with E-state index in [4.69, 9.17) is 4.74 Å². The van der Waals surface area contributed by atoms with Crippen molar-refractivity contribution in [2.45, 2.75) is 51.7 Å². The van der Waals surface area contributed by atoms with Crippen LogP contribution in [0.5, 0.6) is 0 Å². The predicted octanol–water partition coefficient (Wildman–Crippen LogP) is 3.17. The lowest BCUT2D eigenvalue weighted by Gasteiger charge is -2.19. The molecule has 4 heteroatoms. The normalized spacial score (nSPS) is 21.2. The maximum atomic E-state index is 12.1. The van der Waals surface area contributed by atoms with Gasteiger partial charge < -0.3 is 10.1 Å². The SMILES string of the molecule is CC(C)c1cc(C(=O)NC(C)C2CCCO2)cs1. The lowest BCUT2D eigenvalue weighted by atomic mass is 10.1. The van der Waals surface area contributed by atoms with Gasteiger partial charge in [-0.15, -0.1) is 11.3 Å². The second-order valence-electron chi connectivity index (χ2n) is 5.21. The van der Waals surface area contributed by atoms with Crippen LogP contribution in [0.25, 0.3) is 0 Å². The first-order chi connectivity index (χ1) is 8.58. The number of rotatable bonds is 4. The van der Waals surface area contributed by atoms with Crippen molar-refractivity contribution in [3.63, 3.8) is 0 Å². The topological polar surface area (TPSA) is 38.3 Å². The van der Waals surface area contributed by atoms with Crippen LogP contribution < -0.4 is 5.32 Å². The van der Waals surface area contributed by atoms with Gasteiger partial charge in [0.15, 0.2) is 0 Å². The highest BCUT2D eigenvalue weighted by atomic mass is 32.1. The lowest BCUT2D eigenvalue weighted by Crippen LogP contribution is -2.40. The molecule has 0 aliphatic carbocycles. The average molecular weight is 267 g/mol. The largest absolute Gasteiger partial charge is 0.376 e. The third-order valence-electron chi connectivity index (χ3n) is 3.33. The summed E-state index contributed by atoms with van der Waals surface area (Å²) in [6, 6.07) is 2.08. The highest BCUT2D eigenvalue weighted by Crippen LogP contribution is 2.23. The quantitative estimate of drug-likeness (QED) is 0.910. The molecule has 2 rings (SSSR count). The molecule has 3 nitrogen and oxygen atoms in total. The molecule has 2 atom stereocenters. The van der Waals surface area contributed by atoms with E-state index < -0.39 is 0 Å². The first-order valence-corrected chi connectivity index (χ1v) is 7.46. The second-order valence-corrected chi connectivity index (χ2v) is 6.15. The van der Waals surface area contributed by atoms with Crippen molar-refractivity contribution in [1.82, 2.24) is 5.32 Å². The fourth-order valence-electron chi connectivity index (χ4n) is 2.15. The van der Waals surface area contributed by atoms with Gasteiger partial charge in [-0.05, 0) is 31.7 Å². The Morgan fingerprint density at radius 1 is 1.50 bits per heavy atom. The molecule has 1 amide bonds. The number of carbonyl (C=O) groups excluding carboxylic acids is 1. The minimum Gasteiger partial charge on any atom is -0.376 e. The van der Waals surface area contributed by atoms with E-state index in [-0.39, 0.29) is 18.1 Å². The number of thiophene rings is 1.